The predicted octanol–water partition coefficient (Wildman–Crippen LogP) is 3.80. The number of rotatable bonds is 9. The molecule has 0 rings (SSSR count). The SMILES string of the molecule is CC(C)O[Si](CC(F)C(F)F)(OC(C)C)OC(C)C. The zero-order valence-corrected chi connectivity index (χ0v) is 13.5. The Morgan fingerprint density at radius 3 is 1.26 bits per heavy atom. The third-order valence-corrected chi connectivity index (χ3v) is 5.35. The molecule has 0 aliphatic heterocycles. The zero-order chi connectivity index (χ0) is 15.2. The summed E-state index contributed by atoms with van der Waals surface area (Å²) in [6.07, 6.45) is -6.21. The fraction of sp³-hybridized carbons (Fsp3) is 1.00. The van der Waals surface area contributed by atoms with Gasteiger partial charge in [0.15, 0.2) is 6.17 Å². The first-order chi connectivity index (χ1) is 8.58. The highest BCUT2D eigenvalue weighted by Crippen LogP contribution is 2.27. The molecule has 0 bridgehead atoms. The highest BCUT2D eigenvalue weighted by molar-refractivity contribution is 6.61. The Labute approximate surface area is 114 Å². The second kappa shape index (κ2) is 8.24. The number of halogens is 3. The van der Waals surface area contributed by atoms with Gasteiger partial charge in [-0.15, -0.1) is 0 Å². The minimum absolute atomic E-state index is 0.283. The van der Waals surface area contributed by atoms with E-state index >= 15 is 0 Å². The molecule has 0 fully saturated rings. The highest BCUT2D eigenvalue weighted by Gasteiger charge is 2.48. The molecule has 0 aromatic carbocycles. The fourth-order valence-electron chi connectivity index (χ4n) is 1.63. The number of hydrogen-bond donors (Lipinski definition) is 0. The van der Waals surface area contributed by atoms with Gasteiger partial charge in [-0.3, -0.25) is 0 Å². The van der Waals surface area contributed by atoms with Gasteiger partial charge in [-0.2, -0.15) is 0 Å². The smallest absolute Gasteiger partial charge is 0.371 e. The summed E-state index contributed by atoms with van der Waals surface area (Å²) >= 11 is 0. The molecule has 3 nitrogen and oxygen atoms in total. The van der Waals surface area contributed by atoms with Crippen molar-refractivity contribution in [3.05, 3.63) is 0 Å². The van der Waals surface area contributed by atoms with Crippen LogP contribution in [0.25, 0.3) is 0 Å². The van der Waals surface area contributed by atoms with E-state index in [2.05, 4.69) is 0 Å². The van der Waals surface area contributed by atoms with Gasteiger partial charge >= 0.3 is 8.80 Å². The normalized spacial score (nSPS) is 15.0. The van der Waals surface area contributed by atoms with E-state index in [1.807, 2.05) is 0 Å². The maximum atomic E-state index is 13.4. The second-order valence-electron chi connectivity index (χ2n) is 5.24. The summed E-state index contributed by atoms with van der Waals surface area (Å²) in [5, 5.41) is 0. The van der Waals surface area contributed by atoms with Crippen LogP contribution in [0.5, 0.6) is 0 Å². The fourth-order valence-corrected chi connectivity index (χ4v) is 4.90. The topological polar surface area (TPSA) is 27.7 Å². The molecule has 1 unspecified atom stereocenters. The van der Waals surface area contributed by atoms with E-state index in [1.54, 1.807) is 41.5 Å². The first-order valence-corrected chi connectivity index (χ1v) is 8.47. The van der Waals surface area contributed by atoms with Crippen molar-refractivity contribution < 1.29 is 26.4 Å². The zero-order valence-electron chi connectivity index (χ0n) is 12.5. The van der Waals surface area contributed by atoms with Crippen molar-refractivity contribution in [1.82, 2.24) is 0 Å². The Morgan fingerprint density at radius 2 is 1.05 bits per heavy atom. The number of hydrogen-bond acceptors (Lipinski definition) is 3. The first kappa shape index (κ1) is 18.9. The lowest BCUT2D eigenvalue weighted by molar-refractivity contribution is -0.0139. The predicted molar refractivity (Wildman–Crippen MR) is 70.1 cm³/mol. The molecule has 0 amide bonds. The lowest BCUT2D eigenvalue weighted by Gasteiger charge is -2.35. The van der Waals surface area contributed by atoms with Crippen LogP contribution < -0.4 is 0 Å². The van der Waals surface area contributed by atoms with Crippen LogP contribution in [-0.4, -0.2) is 39.7 Å². The Morgan fingerprint density at radius 1 is 0.737 bits per heavy atom. The van der Waals surface area contributed by atoms with Crippen molar-refractivity contribution in [1.29, 1.82) is 0 Å². The molecule has 0 aromatic rings. The van der Waals surface area contributed by atoms with Crippen molar-refractivity contribution in [2.24, 2.45) is 0 Å². The average molecular weight is 302 g/mol. The molecule has 1 atom stereocenters. The van der Waals surface area contributed by atoms with Gasteiger partial charge in [0.05, 0.1) is 6.04 Å². The molecule has 0 spiro atoms. The second-order valence-corrected chi connectivity index (χ2v) is 7.72. The van der Waals surface area contributed by atoms with Crippen LogP contribution in [0, 0.1) is 0 Å². The van der Waals surface area contributed by atoms with E-state index in [0.717, 1.165) is 0 Å². The molecular weight excluding hydrogens is 277 g/mol. The molecule has 0 saturated heterocycles. The third kappa shape index (κ3) is 7.91. The maximum absolute atomic E-state index is 13.4. The maximum Gasteiger partial charge on any atom is 0.504 e. The van der Waals surface area contributed by atoms with Crippen LogP contribution >= 0.6 is 0 Å². The van der Waals surface area contributed by atoms with Crippen LogP contribution in [0.15, 0.2) is 0 Å². The highest BCUT2D eigenvalue weighted by atomic mass is 28.4. The lowest BCUT2D eigenvalue weighted by atomic mass is 10.5. The van der Waals surface area contributed by atoms with E-state index in [-0.39, 0.29) is 18.3 Å². The van der Waals surface area contributed by atoms with Crippen LogP contribution in [0.2, 0.25) is 6.04 Å². The van der Waals surface area contributed by atoms with Crippen molar-refractivity contribution >= 4 is 8.80 Å². The van der Waals surface area contributed by atoms with Gasteiger partial charge in [0, 0.05) is 18.3 Å². The summed E-state index contributed by atoms with van der Waals surface area (Å²) in [4.78, 5) is 0. The molecule has 0 aliphatic carbocycles. The first-order valence-electron chi connectivity index (χ1n) is 6.53. The number of alkyl halides is 3. The van der Waals surface area contributed by atoms with Crippen molar-refractivity contribution in [2.75, 3.05) is 0 Å². The van der Waals surface area contributed by atoms with Crippen LogP contribution in [0.1, 0.15) is 41.5 Å². The van der Waals surface area contributed by atoms with Crippen molar-refractivity contribution in [3.8, 4) is 0 Å². The molecule has 116 valence electrons. The van der Waals surface area contributed by atoms with Crippen molar-refractivity contribution in [3.63, 3.8) is 0 Å². The minimum atomic E-state index is -3.47. The Balaban J connectivity index is 5.09. The third-order valence-electron chi connectivity index (χ3n) is 1.96. The Kier molecular flexibility index (Phi) is 8.19. The Bertz CT molecular complexity index is 224. The summed E-state index contributed by atoms with van der Waals surface area (Å²) in [5.74, 6) is 0. The lowest BCUT2D eigenvalue weighted by Crippen LogP contribution is -2.52. The molecule has 0 saturated carbocycles. The molecule has 0 aliphatic rings. The molecule has 7 heteroatoms. The standard InChI is InChI=1S/C12H25F3O3Si/c1-8(2)16-19(17-9(3)4,18-10(5)6)7-11(13)12(14)15/h8-12H,7H2,1-6H3. The summed E-state index contributed by atoms with van der Waals surface area (Å²) in [6.45, 7) is 10.4. The largest absolute Gasteiger partial charge is 0.504 e. The van der Waals surface area contributed by atoms with Gasteiger partial charge in [-0.05, 0) is 41.5 Å². The van der Waals surface area contributed by atoms with E-state index in [4.69, 9.17) is 13.3 Å². The molecule has 0 radical (unpaired) electrons. The van der Waals surface area contributed by atoms with Gasteiger partial charge in [-0.1, -0.05) is 0 Å². The van der Waals surface area contributed by atoms with E-state index in [1.165, 1.54) is 0 Å². The summed E-state index contributed by atoms with van der Waals surface area (Å²) in [5.41, 5.74) is 0. The van der Waals surface area contributed by atoms with Gasteiger partial charge in [0.25, 0.3) is 6.43 Å². The molecule has 0 N–H and O–H groups in total. The minimum Gasteiger partial charge on any atom is -0.371 e. The van der Waals surface area contributed by atoms with E-state index in [0.29, 0.717) is 0 Å². The van der Waals surface area contributed by atoms with Gasteiger partial charge in [0.2, 0.25) is 0 Å². The van der Waals surface area contributed by atoms with Crippen LogP contribution in [0.4, 0.5) is 13.2 Å². The monoisotopic (exact) mass is 302 g/mol. The van der Waals surface area contributed by atoms with Crippen LogP contribution in [0.3, 0.4) is 0 Å². The molecular formula is C12H25F3O3Si. The summed E-state index contributed by atoms with van der Waals surface area (Å²) in [6, 6.07) is -0.529. The van der Waals surface area contributed by atoms with Gasteiger partial charge in [0.1, 0.15) is 0 Å². The van der Waals surface area contributed by atoms with E-state index < -0.39 is 27.4 Å². The molecule has 19 heavy (non-hydrogen) atoms. The average Bonchev–Trinajstić information content (AvgIpc) is 2.12. The van der Waals surface area contributed by atoms with Crippen LogP contribution in [-0.2, 0) is 13.3 Å². The van der Waals surface area contributed by atoms with Gasteiger partial charge in [-0.25, -0.2) is 13.2 Å². The van der Waals surface area contributed by atoms with Gasteiger partial charge < -0.3 is 13.3 Å². The molecule has 0 aromatic heterocycles. The Hall–Kier alpha value is -0.113. The van der Waals surface area contributed by atoms with Crippen molar-refractivity contribution in [2.45, 2.75) is 78.5 Å². The van der Waals surface area contributed by atoms with E-state index in [9.17, 15) is 13.2 Å². The molecule has 0 heterocycles. The summed E-state index contributed by atoms with van der Waals surface area (Å²) in [7, 11) is -3.47. The quantitative estimate of drug-likeness (QED) is 0.606. The summed E-state index contributed by atoms with van der Waals surface area (Å²) < 4.78 is 55.1.